The average molecular weight is 409 g/mol. The van der Waals surface area contributed by atoms with Gasteiger partial charge in [-0.1, -0.05) is 42.5 Å². The number of amides is 1. The summed E-state index contributed by atoms with van der Waals surface area (Å²) < 4.78 is 25.9. The highest BCUT2D eigenvalue weighted by Crippen LogP contribution is 2.19. The van der Waals surface area contributed by atoms with Gasteiger partial charge in [-0.3, -0.25) is 4.79 Å². The van der Waals surface area contributed by atoms with Crippen molar-refractivity contribution in [2.75, 3.05) is 16.8 Å². The average Bonchev–Trinajstić information content (AvgIpc) is 3.17. The summed E-state index contributed by atoms with van der Waals surface area (Å²) in [6, 6.07) is 18.2. The first-order valence-corrected chi connectivity index (χ1v) is 10.7. The second kappa shape index (κ2) is 9.12. The molecule has 0 spiro atoms. The molecule has 0 bridgehead atoms. The maximum atomic E-state index is 12.3. The number of carbonyl (C=O) groups is 1. The van der Waals surface area contributed by atoms with Crippen molar-refractivity contribution in [2.45, 2.75) is 12.8 Å². The van der Waals surface area contributed by atoms with Crippen LogP contribution in [0.4, 0.5) is 5.69 Å². The molecule has 0 saturated heterocycles. The Morgan fingerprint density at radius 1 is 1.10 bits per heavy atom. The van der Waals surface area contributed by atoms with Crippen LogP contribution in [0.5, 0.6) is 0 Å². The summed E-state index contributed by atoms with van der Waals surface area (Å²) >= 11 is 0. The number of sulfone groups is 1. The summed E-state index contributed by atoms with van der Waals surface area (Å²) in [6.45, 7) is 0. The summed E-state index contributed by atoms with van der Waals surface area (Å²) in [4.78, 5) is 16.1. The fourth-order valence-electron chi connectivity index (χ4n) is 2.81. The smallest absolute Gasteiger partial charge is 0.252 e. The Balaban J connectivity index is 1.61. The van der Waals surface area contributed by atoms with Crippen LogP contribution in [0.15, 0.2) is 60.9 Å². The number of benzene rings is 2. The van der Waals surface area contributed by atoms with Crippen LogP contribution in [0.1, 0.15) is 17.8 Å². The van der Waals surface area contributed by atoms with Gasteiger partial charge in [-0.25, -0.2) is 18.1 Å². The number of para-hydroxylation sites is 2. The van der Waals surface area contributed by atoms with E-state index in [0.717, 1.165) is 5.56 Å². The summed E-state index contributed by atoms with van der Waals surface area (Å²) in [5.41, 5.74) is 1.92. The lowest BCUT2D eigenvalue weighted by molar-refractivity contribution is -0.113. The van der Waals surface area contributed by atoms with Crippen molar-refractivity contribution in [1.82, 2.24) is 14.8 Å². The van der Waals surface area contributed by atoms with E-state index in [4.69, 9.17) is 5.26 Å². The van der Waals surface area contributed by atoms with Crippen molar-refractivity contribution in [1.29, 1.82) is 5.26 Å². The van der Waals surface area contributed by atoms with E-state index in [-0.39, 0.29) is 11.6 Å². The van der Waals surface area contributed by atoms with Gasteiger partial charge in [0.2, 0.25) is 5.91 Å². The van der Waals surface area contributed by atoms with Gasteiger partial charge in [-0.05, 0) is 30.5 Å². The molecule has 0 fully saturated rings. The molecule has 1 heterocycles. The monoisotopic (exact) mass is 409 g/mol. The normalized spacial score (nSPS) is 11.0. The van der Waals surface area contributed by atoms with Crippen LogP contribution >= 0.6 is 0 Å². The van der Waals surface area contributed by atoms with E-state index in [1.807, 2.05) is 36.4 Å². The zero-order chi connectivity index (χ0) is 20.7. The molecule has 29 heavy (non-hydrogen) atoms. The van der Waals surface area contributed by atoms with Crippen molar-refractivity contribution < 1.29 is 13.2 Å². The van der Waals surface area contributed by atoms with Crippen molar-refractivity contribution in [2.24, 2.45) is 0 Å². The molecule has 0 radical (unpaired) electrons. The lowest BCUT2D eigenvalue weighted by Crippen LogP contribution is -2.25. The Kier molecular flexibility index (Phi) is 6.36. The minimum absolute atomic E-state index is 0.00729. The van der Waals surface area contributed by atoms with Gasteiger partial charge < -0.3 is 5.32 Å². The number of hydrogen-bond acceptors (Lipinski definition) is 6. The first-order valence-electron chi connectivity index (χ1n) is 8.92. The third-order valence-electron chi connectivity index (χ3n) is 4.13. The highest BCUT2D eigenvalue weighted by atomic mass is 32.2. The van der Waals surface area contributed by atoms with Crippen LogP contribution in [0.3, 0.4) is 0 Å². The summed E-state index contributed by atoms with van der Waals surface area (Å²) in [5, 5.41) is 15.5. The molecule has 0 aliphatic carbocycles. The molecule has 148 valence electrons. The Morgan fingerprint density at radius 3 is 2.55 bits per heavy atom. The molecule has 0 saturated carbocycles. The van der Waals surface area contributed by atoms with Crippen LogP contribution in [0.2, 0.25) is 0 Å². The molecule has 0 unspecified atom stereocenters. The summed E-state index contributed by atoms with van der Waals surface area (Å²) in [7, 11) is -3.54. The van der Waals surface area contributed by atoms with Crippen LogP contribution in [0.25, 0.3) is 5.69 Å². The van der Waals surface area contributed by atoms with E-state index in [1.165, 1.54) is 11.0 Å². The fraction of sp³-hybridized carbons (Fsp3) is 0.200. The number of anilines is 1. The molecule has 3 aromatic rings. The lowest BCUT2D eigenvalue weighted by atomic mass is 10.1. The second-order valence-electron chi connectivity index (χ2n) is 6.37. The summed E-state index contributed by atoms with van der Waals surface area (Å²) in [5.74, 6) is -1.30. The minimum Gasteiger partial charge on any atom is -0.323 e. The van der Waals surface area contributed by atoms with E-state index >= 15 is 0 Å². The van der Waals surface area contributed by atoms with E-state index in [9.17, 15) is 13.2 Å². The van der Waals surface area contributed by atoms with E-state index in [0.29, 0.717) is 24.2 Å². The zero-order valence-electron chi connectivity index (χ0n) is 15.5. The number of rotatable bonds is 8. The van der Waals surface area contributed by atoms with Gasteiger partial charge in [-0.15, -0.1) is 5.10 Å². The third-order valence-corrected chi connectivity index (χ3v) is 5.74. The van der Waals surface area contributed by atoms with Gasteiger partial charge in [0.1, 0.15) is 18.1 Å². The van der Waals surface area contributed by atoms with Crippen LogP contribution in [0, 0.1) is 11.3 Å². The minimum atomic E-state index is -3.54. The number of aromatic nitrogens is 3. The van der Waals surface area contributed by atoms with Crippen LogP contribution < -0.4 is 5.32 Å². The van der Waals surface area contributed by atoms with Crippen LogP contribution in [-0.4, -0.2) is 40.6 Å². The Labute approximate surface area is 168 Å². The van der Waals surface area contributed by atoms with Gasteiger partial charge in [-0.2, -0.15) is 5.26 Å². The highest BCUT2D eigenvalue weighted by Gasteiger charge is 2.18. The third kappa shape index (κ3) is 5.73. The summed E-state index contributed by atoms with van der Waals surface area (Å²) in [6.07, 6.45) is 2.44. The lowest BCUT2D eigenvalue weighted by Gasteiger charge is -2.11. The number of aryl methyl sites for hydroxylation is 1. The van der Waals surface area contributed by atoms with E-state index in [1.54, 1.807) is 24.3 Å². The second-order valence-corrected chi connectivity index (χ2v) is 8.56. The van der Waals surface area contributed by atoms with Gasteiger partial charge in [0.25, 0.3) is 5.82 Å². The molecular weight excluding hydrogens is 390 g/mol. The van der Waals surface area contributed by atoms with Gasteiger partial charge in [0.05, 0.1) is 17.1 Å². The number of nitriles is 1. The van der Waals surface area contributed by atoms with Crippen molar-refractivity contribution in [3.8, 4) is 11.8 Å². The van der Waals surface area contributed by atoms with Gasteiger partial charge >= 0.3 is 0 Å². The molecule has 1 amide bonds. The Morgan fingerprint density at radius 2 is 1.83 bits per heavy atom. The molecule has 0 aliphatic rings. The Hall–Kier alpha value is -3.51. The fourth-order valence-corrected chi connectivity index (χ4v) is 4.01. The SMILES string of the molecule is N#Cc1ncn(-c2ccccc2NC(=O)CS(=O)(=O)CCCc2ccccc2)n1. The highest BCUT2D eigenvalue weighted by molar-refractivity contribution is 7.92. The van der Waals surface area contributed by atoms with Crippen molar-refractivity contribution in [3.05, 3.63) is 72.3 Å². The molecule has 9 heteroatoms. The molecule has 0 atom stereocenters. The Bertz CT molecular complexity index is 1130. The predicted octanol–water partition coefficient (Wildman–Crippen LogP) is 2.13. The first kappa shape index (κ1) is 20.2. The first-order chi connectivity index (χ1) is 14.0. The molecule has 0 aliphatic heterocycles. The number of nitrogens with one attached hydrogen (secondary N) is 1. The molecule has 8 nitrogen and oxygen atoms in total. The van der Waals surface area contributed by atoms with Crippen molar-refractivity contribution >= 4 is 21.4 Å². The van der Waals surface area contributed by atoms with E-state index < -0.39 is 21.5 Å². The topological polar surface area (TPSA) is 118 Å². The number of hydrogen-bond donors (Lipinski definition) is 1. The van der Waals surface area contributed by atoms with Crippen molar-refractivity contribution in [3.63, 3.8) is 0 Å². The van der Waals surface area contributed by atoms with Crippen LogP contribution in [-0.2, 0) is 21.1 Å². The maximum Gasteiger partial charge on any atom is 0.252 e. The quantitative estimate of drug-likeness (QED) is 0.609. The van der Waals surface area contributed by atoms with Gasteiger partial charge in [0, 0.05) is 0 Å². The maximum absolute atomic E-state index is 12.3. The molecule has 2 aromatic carbocycles. The molecular formula is C20H19N5O3S. The molecule has 1 aromatic heterocycles. The predicted molar refractivity (Wildman–Crippen MR) is 108 cm³/mol. The standard InChI is InChI=1S/C20H19N5O3S/c21-13-19-22-15-25(24-19)18-11-5-4-10-17(18)23-20(26)14-29(27,28)12-6-9-16-7-2-1-3-8-16/h1-5,7-8,10-11,15H,6,9,12,14H2,(H,23,26). The van der Waals surface area contributed by atoms with Gasteiger partial charge in [0.15, 0.2) is 9.84 Å². The molecule has 1 N–H and O–H groups in total. The van der Waals surface area contributed by atoms with E-state index in [2.05, 4.69) is 15.4 Å². The molecule has 3 rings (SSSR count). The largest absolute Gasteiger partial charge is 0.323 e. The zero-order valence-corrected chi connectivity index (χ0v) is 16.3. The number of nitrogens with zero attached hydrogens (tertiary/aromatic N) is 4. The number of carbonyl (C=O) groups excluding carboxylic acids is 1.